The van der Waals surface area contributed by atoms with Gasteiger partial charge in [-0.2, -0.15) is 0 Å². The van der Waals surface area contributed by atoms with E-state index in [-0.39, 0.29) is 17.7 Å². The Kier molecular flexibility index (Phi) is 5.41. The number of methoxy groups -OCH3 is 1. The van der Waals surface area contributed by atoms with Crippen molar-refractivity contribution in [3.05, 3.63) is 29.8 Å². The first-order chi connectivity index (χ1) is 10.6. The summed E-state index contributed by atoms with van der Waals surface area (Å²) in [5, 5.41) is 2.85. The Morgan fingerprint density at radius 3 is 2.50 bits per heavy atom. The highest BCUT2D eigenvalue weighted by Crippen LogP contribution is 2.27. The molecule has 5 nitrogen and oxygen atoms in total. The van der Waals surface area contributed by atoms with E-state index < -0.39 is 6.04 Å². The number of nitrogens with zero attached hydrogens (tertiary/aromatic N) is 1. The van der Waals surface area contributed by atoms with Crippen LogP contribution < -0.4 is 10.1 Å². The maximum atomic E-state index is 12.7. The van der Waals surface area contributed by atoms with Crippen LogP contribution in [0.2, 0.25) is 0 Å². The molecule has 0 radical (unpaired) electrons. The number of carbonyl (C=O) groups is 2. The van der Waals surface area contributed by atoms with Gasteiger partial charge in [0.15, 0.2) is 0 Å². The molecule has 1 aliphatic rings. The van der Waals surface area contributed by atoms with Gasteiger partial charge >= 0.3 is 0 Å². The van der Waals surface area contributed by atoms with Crippen LogP contribution in [0.5, 0.6) is 5.75 Å². The van der Waals surface area contributed by atoms with Crippen LogP contribution in [0.15, 0.2) is 24.3 Å². The number of ether oxygens (including phenoxy) is 1. The summed E-state index contributed by atoms with van der Waals surface area (Å²) in [6.07, 6.45) is 1.59. The van der Waals surface area contributed by atoms with Gasteiger partial charge in [0, 0.05) is 19.0 Å². The van der Waals surface area contributed by atoms with Crippen LogP contribution in [0.3, 0.4) is 0 Å². The number of carbonyl (C=O) groups excluding carboxylic acids is 2. The lowest BCUT2D eigenvalue weighted by molar-refractivity contribution is -0.146. The van der Waals surface area contributed by atoms with Crippen molar-refractivity contribution in [1.82, 2.24) is 10.2 Å². The van der Waals surface area contributed by atoms with E-state index in [9.17, 15) is 9.59 Å². The Labute approximate surface area is 131 Å². The van der Waals surface area contributed by atoms with Crippen molar-refractivity contribution in [2.75, 3.05) is 20.2 Å². The number of rotatable bonds is 5. The summed E-state index contributed by atoms with van der Waals surface area (Å²) in [5.74, 6) is 0.667. The van der Waals surface area contributed by atoms with Crippen molar-refractivity contribution in [2.45, 2.75) is 32.7 Å². The number of hydrogen-bond donors (Lipinski definition) is 1. The summed E-state index contributed by atoms with van der Waals surface area (Å²) in [6, 6.07) is 6.78. The average Bonchev–Trinajstić information content (AvgIpc) is 2.55. The van der Waals surface area contributed by atoms with Gasteiger partial charge in [0.25, 0.3) is 0 Å². The third-order valence-corrected chi connectivity index (χ3v) is 4.26. The minimum absolute atomic E-state index is 0.0216. The zero-order valence-corrected chi connectivity index (χ0v) is 13.5. The van der Waals surface area contributed by atoms with Gasteiger partial charge in [-0.25, -0.2) is 0 Å². The van der Waals surface area contributed by atoms with Crippen molar-refractivity contribution in [2.24, 2.45) is 5.92 Å². The molecule has 22 heavy (non-hydrogen) atoms. The van der Waals surface area contributed by atoms with Crippen LogP contribution >= 0.6 is 0 Å². The van der Waals surface area contributed by atoms with Crippen molar-refractivity contribution in [3.8, 4) is 5.75 Å². The van der Waals surface area contributed by atoms with Crippen molar-refractivity contribution >= 4 is 11.8 Å². The lowest BCUT2D eigenvalue weighted by atomic mass is 9.97. The summed E-state index contributed by atoms with van der Waals surface area (Å²) in [4.78, 5) is 26.8. The second kappa shape index (κ2) is 7.29. The molecule has 120 valence electrons. The molecule has 0 aromatic heterocycles. The maximum Gasteiger partial charge on any atom is 0.247 e. The van der Waals surface area contributed by atoms with Gasteiger partial charge in [0.05, 0.1) is 7.11 Å². The smallest absolute Gasteiger partial charge is 0.247 e. The molecule has 1 unspecified atom stereocenters. The summed E-state index contributed by atoms with van der Waals surface area (Å²) in [5.41, 5.74) is 0.817. The van der Waals surface area contributed by atoms with Gasteiger partial charge < -0.3 is 15.0 Å². The van der Waals surface area contributed by atoms with Gasteiger partial charge in [-0.15, -0.1) is 0 Å². The number of hydrogen-bond acceptors (Lipinski definition) is 3. The van der Waals surface area contributed by atoms with Crippen molar-refractivity contribution < 1.29 is 14.3 Å². The lowest BCUT2D eigenvalue weighted by Crippen LogP contribution is -2.53. The summed E-state index contributed by atoms with van der Waals surface area (Å²) < 4.78 is 5.15. The van der Waals surface area contributed by atoms with E-state index in [1.807, 2.05) is 38.1 Å². The molecule has 1 saturated heterocycles. The van der Waals surface area contributed by atoms with Crippen LogP contribution in [-0.2, 0) is 9.59 Å². The van der Waals surface area contributed by atoms with Crippen LogP contribution in [0.4, 0.5) is 0 Å². The van der Waals surface area contributed by atoms with E-state index in [0.717, 1.165) is 24.2 Å². The number of nitrogens with one attached hydrogen (secondary N) is 1. The molecule has 1 aromatic carbocycles. The van der Waals surface area contributed by atoms with E-state index in [0.29, 0.717) is 13.1 Å². The van der Waals surface area contributed by atoms with Crippen LogP contribution in [0.1, 0.15) is 38.3 Å². The number of benzene rings is 1. The SMILES string of the molecule is CCC(CC)C(=O)N1CCNC(=O)C1c1ccc(OC)cc1. The minimum atomic E-state index is -0.548. The molecule has 1 heterocycles. The van der Waals surface area contributed by atoms with Crippen molar-refractivity contribution in [1.29, 1.82) is 0 Å². The molecule has 2 amide bonds. The predicted octanol–water partition coefficient (Wildman–Crippen LogP) is 2.13. The molecular formula is C17H24N2O3. The first kappa shape index (κ1) is 16.3. The van der Waals surface area contributed by atoms with Crippen LogP contribution in [-0.4, -0.2) is 36.9 Å². The van der Waals surface area contributed by atoms with E-state index in [1.165, 1.54) is 0 Å². The van der Waals surface area contributed by atoms with Gasteiger partial charge in [-0.1, -0.05) is 26.0 Å². The first-order valence-electron chi connectivity index (χ1n) is 7.84. The first-order valence-corrected chi connectivity index (χ1v) is 7.84. The fourth-order valence-electron chi connectivity index (χ4n) is 2.89. The third-order valence-electron chi connectivity index (χ3n) is 4.26. The van der Waals surface area contributed by atoms with E-state index >= 15 is 0 Å². The molecule has 0 aliphatic carbocycles. The molecule has 0 bridgehead atoms. The lowest BCUT2D eigenvalue weighted by Gasteiger charge is -2.37. The fourth-order valence-corrected chi connectivity index (χ4v) is 2.89. The summed E-state index contributed by atoms with van der Waals surface area (Å²) in [6.45, 7) is 5.09. The molecule has 0 saturated carbocycles. The highest BCUT2D eigenvalue weighted by Gasteiger charge is 2.36. The molecule has 5 heteroatoms. The van der Waals surface area contributed by atoms with Gasteiger partial charge in [-0.3, -0.25) is 9.59 Å². The van der Waals surface area contributed by atoms with Gasteiger partial charge in [0.1, 0.15) is 11.8 Å². The van der Waals surface area contributed by atoms with Gasteiger partial charge in [-0.05, 0) is 30.5 Å². The molecule has 1 atom stereocenters. The molecule has 1 aliphatic heterocycles. The highest BCUT2D eigenvalue weighted by molar-refractivity contribution is 5.90. The van der Waals surface area contributed by atoms with E-state index in [4.69, 9.17) is 4.74 Å². The molecule has 1 fully saturated rings. The quantitative estimate of drug-likeness (QED) is 0.906. The normalized spacial score (nSPS) is 18.3. The zero-order chi connectivity index (χ0) is 16.1. The number of amides is 2. The largest absolute Gasteiger partial charge is 0.497 e. The molecule has 1 aromatic rings. The Morgan fingerprint density at radius 1 is 1.32 bits per heavy atom. The summed E-state index contributed by atoms with van der Waals surface area (Å²) >= 11 is 0. The fraction of sp³-hybridized carbons (Fsp3) is 0.529. The monoisotopic (exact) mass is 304 g/mol. The third kappa shape index (κ3) is 3.24. The molecule has 2 rings (SSSR count). The average molecular weight is 304 g/mol. The topological polar surface area (TPSA) is 58.6 Å². The Balaban J connectivity index is 2.29. The summed E-state index contributed by atoms with van der Waals surface area (Å²) in [7, 11) is 1.60. The molecule has 0 spiro atoms. The van der Waals surface area contributed by atoms with Crippen molar-refractivity contribution in [3.63, 3.8) is 0 Å². The van der Waals surface area contributed by atoms with Crippen LogP contribution in [0, 0.1) is 5.92 Å². The Morgan fingerprint density at radius 2 is 1.95 bits per heavy atom. The number of piperazine rings is 1. The zero-order valence-electron chi connectivity index (χ0n) is 13.5. The maximum absolute atomic E-state index is 12.7. The molecular weight excluding hydrogens is 280 g/mol. The van der Waals surface area contributed by atoms with E-state index in [2.05, 4.69) is 5.32 Å². The standard InChI is InChI=1S/C17H24N2O3/c1-4-12(5-2)17(21)19-11-10-18-16(20)15(19)13-6-8-14(22-3)9-7-13/h6-9,12,15H,4-5,10-11H2,1-3H3,(H,18,20). The molecule has 1 N–H and O–H groups in total. The highest BCUT2D eigenvalue weighted by atomic mass is 16.5. The van der Waals surface area contributed by atoms with Crippen LogP contribution in [0.25, 0.3) is 0 Å². The predicted molar refractivity (Wildman–Crippen MR) is 84.5 cm³/mol. The Hall–Kier alpha value is -2.04. The van der Waals surface area contributed by atoms with E-state index in [1.54, 1.807) is 12.0 Å². The minimum Gasteiger partial charge on any atom is -0.497 e. The van der Waals surface area contributed by atoms with Gasteiger partial charge in [0.2, 0.25) is 11.8 Å². The second-order valence-corrected chi connectivity index (χ2v) is 5.51. The second-order valence-electron chi connectivity index (χ2n) is 5.51. The Bertz CT molecular complexity index is 523.